The van der Waals surface area contributed by atoms with Crippen molar-refractivity contribution in [3.63, 3.8) is 0 Å². The Morgan fingerprint density at radius 3 is 2.40 bits per heavy atom. The summed E-state index contributed by atoms with van der Waals surface area (Å²) < 4.78 is 11.5. The lowest BCUT2D eigenvalue weighted by Gasteiger charge is -2.27. The minimum Gasteiger partial charge on any atom is -0.491 e. The summed E-state index contributed by atoms with van der Waals surface area (Å²) in [6.45, 7) is 3.77. The number of carbonyl (C=O) groups is 5. The Balaban J connectivity index is 1.08. The van der Waals surface area contributed by atoms with E-state index in [4.69, 9.17) is 9.47 Å². The van der Waals surface area contributed by atoms with Crippen LogP contribution in [0.2, 0.25) is 0 Å². The number of nitrogens with zero attached hydrogens (tertiary/aromatic N) is 1. The van der Waals surface area contributed by atoms with E-state index >= 15 is 0 Å². The molecule has 0 saturated carbocycles. The minimum absolute atomic E-state index is 0.0417. The lowest BCUT2D eigenvalue weighted by atomic mass is 10.0. The summed E-state index contributed by atoms with van der Waals surface area (Å²) in [6.07, 6.45) is 11.5. The fourth-order valence-corrected chi connectivity index (χ4v) is 5.68. The Hall–Kier alpha value is -4.05. The van der Waals surface area contributed by atoms with E-state index in [2.05, 4.69) is 29.7 Å². The topological polar surface area (TPSA) is 131 Å². The van der Waals surface area contributed by atoms with E-state index < -0.39 is 29.7 Å². The van der Waals surface area contributed by atoms with Crippen molar-refractivity contribution in [2.75, 3.05) is 25.1 Å². The van der Waals surface area contributed by atoms with Crippen LogP contribution in [0.25, 0.3) is 0 Å². The molecule has 2 heterocycles. The number of unbranched alkanes of at least 4 members (excludes halogenated alkanes) is 7. The quantitative estimate of drug-likeness (QED) is 0.155. The zero-order chi connectivity index (χ0) is 32.0. The highest BCUT2D eigenvalue weighted by Crippen LogP contribution is 2.32. The normalized spacial score (nSPS) is 16.1. The lowest BCUT2D eigenvalue weighted by molar-refractivity contribution is -0.136. The number of imide groups is 2. The average molecular weight is 620 g/mol. The predicted molar refractivity (Wildman–Crippen MR) is 170 cm³/mol. The number of hydrogen-bond donors (Lipinski definition) is 2. The first-order valence-corrected chi connectivity index (χ1v) is 16.3. The predicted octanol–water partition coefficient (Wildman–Crippen LogP) is 5.59. The van der Waals surface area contributed by atoms with E-state index in [1.165, 1.54) is 50.2 Å². The number of fused-ring (bicyclic) bond motifs is 1. The van der Waals surface area contributed by atoms with Crippen molar-refractivity contribution in [3.8, 4) is 5.75 Å². The Morgan fingerprint density at radius 1 is 0.867 bits per heavy atom. The van der Waals surface area contributed by atoms with Gasteiger partial charge in [0.2, 0.25) is 17.7 Å². The first-order valence-electron chi connectivity index (χ1n) is 16.3. The van der Waals surface area contributed by atoms with Crippen molar-refractivity contribution >= 4 is 35.2 Å². The number of benzene rings is 2. The summed E-state index contributed by atoms with van der Waals surface area (Å²) >= 11 is 0. The zero-order valence-electron chi connectivity index (χ0n) is 26.2. The van der Waals surface area contributed by atoms with E-state index in [1.54, 1.807) is 12.1 Å². The van der Waals surface area contributed by atoms with Crippen molar-refractivity contribution < 1.29 is 33.4 Å². The van der Waals surface area contributed by atoms with Gasteiger partial charge in [0.25, 0.3) is 11.8 Å². The Morgan fingerprint density at radius 2 is 1.62 bits per heavy atom. The highest BCUT2D eigenvalue weighted by atomic mass is 16.5. The van der Waals surface area contributed by atoms with Gasteiger partial charge < -0.3 is 14.8 Å². The Bertz CT molecular complexity index is 1340. The monoisotopic (exact) mass is 619 g/mol. The van der Waals surface area contributed by atoms with Gasteiger partial charge >= 0.3 is 0 Å². The van der Waals surface area contributed by atoms with Crippen LogP contribution in [0.4, 0.5) is 5.69 Å². The average Bonchev–Trinajstić information content (AvgIpc) is 3.28. The highest BCUT2D eigenvalue weighted by molar-refractivity contribution is 6.26. The van der Waals surface area contributed by atoms with E-state index in [1.807, 2.05) is 12.1 Å². The van der Waals surface area contributed by atoms with Gasteiger partial charge in [0.1, 0.15) is 18.4 Å². The van der Waals surface area contributed by atoms with Gasteiger partial charge in [-0.3, -0.25) is 34.2 Å². The summed E-state index contributed by atoms with van der Waals surface area (Å²) in [5.74, 6) is -1.79. The standard InChI is InChI=1S/C35H45N3O7/c1-2-3-4-5-6-8-12-25-16-18-26(19-17-25)45-24-23-44-22-10-7-9-15-30(39)36-28-14-11-13-27-32(28)35(43)38(34(27)42)29-20-21-31(40)37-33(29)41/h11,13-14,16-19,29H,2-10,12,15,20-24H2,1H3,(H,36,39)(H,37,40,41). The largest absolute Gasteiger partial charge is 0.491 e. The molecule has 0 aliphatic carbocycles. The zero-order valence-corrected chi connectivity index (χ0v) is 26.2. The molecule has 1 fully saturated rings. The van der Waals surface area contributed by atoms with Crippen LogP contribution in [0, 0.1) is 0 Å². The van der Waals surface area contributed by atoms with E-state index in [9.17, 15) is 24.0 Å². The maximum Gasteiger partial charge on any atom is 0.264 e. The van der Waals surface area contributed by atoms with Crippen LogP contribution < -0.4 is 15.4 Å². The molecule has 1 saturated heterocycles. The van der Waals surface area contributed by atoms with Gasteiger partial charge in [0.05, 0.1) is 23.4 Å². The van der Waals surface area contributed by atoms with Crippen molar-refractivity contribution in [1.82, 2.24) is 10.2 Å². The number of anilines is 1. The molecule has 45 heavy (non-hydrogen) atoms. The maximum absolute atomic E-state index is 13.2. The van der Waals surface area contributed by atoms with Gasteiger partial charge in [-0.1, -0.05) is 63.6 Å². The van der Waals surface area contributed by atoms with Crippen molar-refractivity contribution in [2.24, 2.45) is 0 Å². The second-order valence-corrected chi connectivity index (χ2v) is 11.7. The van der Waals surface area contributed by atoms with Crippen molar-refractivity contribution in [3.05, 3.63) is 59.2 Å². The van der Waals surface area contributed by atoms with Gasteiger partial charge in [-0.05, 0) is 61.9 Å². The molecule has 1 unspecified atom stereocenters. The number of carbonyl (C=O) groups excluding carboxylic acids is 5. The van der Waals surface area contributed by atoms with Crippen molar-refractivity contribution in [2.45, 2.75) is 96.4 Å². The highest BCUT2D eigenvalue weighted by Gasteiger charge is 2.45. The number of hydrogen-bond acceptors (Lipinski definition) is 7. The molecule has 5 amide bonds. The molecule has 2 aromatic rings. The smallest absolute Gasteiger partial charge is 0.264 e. The first-order chi connectivity index (χ1) is 21.9. The molecule has 2 aliphatic rings. The summed E-state index contributed by atoms with van der Waals surface area (Å²) in [6, 6.07) is 11.9. The van der Waals surface area contributed by atoms with Crippen LogP contribution in [-0.2, 0) is 25.5 Å². The van der Waals surface area contributed by atoms with Crippen LogP contribution in [0.3, 0.4) is 0 Å². The Labute approximate surface area is 265 Å². The van der Waals surface area contributed by atoms with Gasteiger partial charge in [-0.2, -0.15) is 0 Å². The summed E-state index contributed by atoms with van der Waals surface area (Å²) in [7, 11) is 0. The summed E-state index contributed by atoms with van der Waals surface area (Å²) in [5, 5.41) is 4.93. The molecule has 4 rings (SSSR count). The third-order valence-corrected chi connectivity index (χ3v) is 8.17. The molecule has 242 valence electrons. The van der Waals surface area contributed by atoms with Gasteiger partial charge in [-0.15, -0.1) is 0 Å². The van der Waals surface area contributed by atoms with Crippen molar-refractivity contribution in [1.29, 1.82) is 0 Å². The minimum atomic E-state index is -1.06. The van der Waals surface area contributed by atoms with Crippen LogP contribution in [0.1, 0.15) is 110 Å². The molecule has 10 heteroatoms. The molecule has 0 spiro atoms. The van der Waals surface area contributed by atoms with Gasteiger partial charge in [0, 0.05) is 19.4 Å². The van der Waals surface area contributed by atoms with Crippen LogP contribution >= 0.6 is 0 Å². The molecule has 10 nitrogen and oxygen atoms in total. The molecule has 0 bridgehead atoms. The molecular formula is C35H45N3O7. The number of amides is 5. The number of nitrogens with one attached hydrogen (secondary N) is 2. The summed E-state index contributed by atoms with van der Waals surface area (Å²) in [4.78, 5) is 63.5. The molecule has 1 atom stereocenters. The molecule has 2 N–H and O–H groups in total. The van der Waals surface area contributed by atoms with Crippen LogP contribution in [0.5, 0.6) is 5.75 Å². The number of rotatable bonds is 19. The fourth-order valence-electron chi connectivity index (χ4n) is 5.68. The van der Waals surface area contributed by atoms with E-state index in [0.717, 1.165) is 29.9 Å². The second-order valence-electron chi connectivity index (χ2n) is 11.7. The number of piperidine rings is 1. The van der Waals surface area contributed by atoms with E-state index in [0.29, 0.717) is 26.2 Å². The fraction of sp³-hybridized carbons (Fsp3) is 0.514. The third kappa shape index (κ3) is 9.72. The Kier molecular flexibility index (Phi) is 13.1. The first kappa shape index (κ1) is 33.8. The molecule has 2 aromatic carbocycles. The van der Waals surface area contributed by atoms with Gasteiger partial charge in [-0.25, -0.2) is 0 Å². The second kappa shape index (κ2) is 17.4. The summed E-state index contributed by atoms with van der Waals surface area (Å²) in [5.41, 5.74) is 1.78. The SMILES string of the molecule is CCCCCCCCc1ccc(OCCOCCCCCC(=O)Nc2cccc3c2C(=O)N(C2CCC(=O)NC2=O)C3=O)cc1. The third-order valence-electron chi connectivity index (χ3n) is 8.17. The number of ether oxygens (including phenoxy) is 2. The molecule has 0 aromatic heterocycles. The molecule has 2 aliphatic heterocycles. The van der Waals surface area contributed by atoms with Crippen LogP contribution in [-0.4, -0.2) is 60.3 Å². The van der Waals surface area contributed by atoms with E-state index in [-0.39, 0.29) is 42.0 Å². The molecule has 0 radical (unpaired) electrons. The lowest BCUT2D eigenvalue weighted by Crippen LogP contribution is -2.54. The molecular weight excluding hydrogens is 574 g/mol. The van der Waals surface area contributed by atoms with Gasteiger partial charge in [0.15, 0.2) is 0 Å². The maximum atomic E-state index is 13.2. The number of aryl methyl sites for hydroxylation is 1. The van der Waals surface area contributed by atoms with Crippen LogP contribution in [0.15, 0.2) is 42.5 Å².